The van der Waals surface area contributed by atoms with Gasteiger partial charge in [-0.15, -0.1) is 0 Å². The van der Waals surface area contributed by atoms with Crippen molar-refractivity contribution in [3.8, 4) is 0 Å². The maximum absolute atomic E-state index is 12.6. The van der Waals surface area contributed by atoms with Crippen molar-refractivity contribution in [2.75, 3.05) is 5.32 Å². The second kappa shape index (κ2) is 10.2. The van der Waals surface area contributed by atoms with Gasteiger partial charge in [0.2, 0.25) is 0 Å². The zero-order chi connectivity index (χ0) is 21.5. The summed E-state index contributed by atoms with van der Waals surface area (Å²) in [6.07, 6.45) is 4.70. The first-order chi connectivity index (χ1) is 14.4. The number of amides is 1. The van der Waals surface area contributed by atoms with Gasteiger partial charge in [-0.2, -0.15) is 0 Å². The lowest BCUT2D eigenvalue weighted by Crippen LogP contribution is -2.42. The number of hydrogen-bond donors (Lipinski definition) is 3. The van der Waals surface area contributed by atoms with E-state index >= 15 is 0 Å². The number of benzene rings is 1. The molecule has 30 heavy (non-hydrogen) atoms. The number of nitrogens with one attached hydrogen (secondary N) is 2. The first-order valence-electron chi connectivity index (χ1n) is 9.79. The Morgan fingerprint density at radius 1 is 1.13 bits per heavy atom. The number of aromatic nitrogens is 2. The third-order valence-electron chi connectivity index (χ3n) is 4.86. The molecular weight excluding hydrogens is 400 g/mol. The van der Waals surface area contributed by atoms with E-state index in [1.165, 1.54) is 6.20 Å². The molecule has 1 aromatic carbocycles. The molecule has 7 heteroatoms. The molecule has 0 aliphatic carbocycles. The summed E-state index contributed by atoms with van der Waals surface area (Å²) < 4.78 is 0. The van der Waals surface area contributed by atoms with Crippen LogP contribution in [-0.2, 0) is 6.42 Å². The van der Waals surface area contributed by atoms with Crippen molar-refractivity contribution in [3.63, 3.8) is 0 Å². The maximum atomic E-state index is 12.6. The monoisotopic (exact) mass is 424 g/mol. The quantitative estimate of drug-likeness (QED) is 0.508. The molecule has 0 bridgehead atoms. The Morgan fingerprint density at radius 2 is 1.90 bits per heavy atom. The van der Waals surface area contributed by atoms with Crippen LogP contribution >= 0.6 is 11.6 Å². The molecule has 0 aliphatic rings. The lowest BCUT2D eigenvalue weighted by atomic mass is 10.0. The Labute approximate surface area is 181 Å². The van der Waals surface area contributed by atoms with Gasteiger partial charge in [0.25, 0.3) is 5.91 Å². The molecule has 0 saturated heterocycles. The molecule has 0 saturated carbocycles. The predicted octanol–water partition coefficient (Wildman–Crippen LogP) is 4.03. The molecule has 3 rings (SSSR count). The molecule has 1 amide bonds. The Hall–Kier alpha value is -2.96. The van der Waals surface area contributed by atoms with Gasteiger partial charge in [0.05, 0.1) is 28.8 Å². The van der Waals surface area contributed by atoms with Crippen molar-refractivity contribution >= 4 is 23.3 Å². The van der Waals surface area contributed by atoms with Crippen LogP contribution in [0.2, 0.25) is 5.02 Å². The Bertz CT molecular complexity index is 969. The van der Waals surface area contributed by atoms with Crippen LogP contribution in [0.3, 0.4) is 0 Å². The Kier molecular flexibility index (Phi) is 7.38. The highest BCUT2D eigenvalue weighted by Gasteiger charge is 2.19. The van der Waals surface area contributed by atoms with E-state index in [1.807, 2.05) is 49.4 Å². The van der Waals surface area contributed by atoms with Crippen molar-refractivity contribution in [3.05, 3.63) is 88.8 Å². The van der Waals surface area contributed by atoms with E-state index in [-0.39, 0.29) is 11.9 Å². The van der Waals surface area contributed by atoms with Crippen molar-refractivity contribution in [2.24, 2.45) is 0 Å². The molecule has 2 aromatic heterocycles. The van der Waals surface area contributed by atoms with Crippen molar-refractivity contribution in [2.45, 2.75) is 38.5 Å². The number of halogens is 1. The number of hydrogen-bond acceptors (Lipinski definition) is 5. The highest BCUT2D eigenvalue weighted by Crippen LogP contribution is 2.24. The van der Waals surface area contributed by atoms with Gasteiger partial charge in [-0.3, -0.25) is 9.78 Å². The van der Waals surface area contributed by atoms with Gasteiger partial charge >= 0.3 is 0 Å². The second-order valence-corrected chi connectivity index (χ2v) is 7.63. The summed E-state index contributed by atoms with van der Waals surface area (Å²) in [5.74, 6) is 0.151. The first kappa shape index (κ1) is 21.7. The van der Waals surface area contributed by atoms with Crippen LogP contribution in [0.15, 0.2) is 67.1 Å². The van der Waals surface area contributed by atoms with E-state index in [9.17, 15) is 9.90 Å². The molecule has 0 radical (unpaired) electrons. The Morgan fingerprint density at radius 3 is 2.57 bits per heavy atom. The standard InChI is InChI=1S/C23H25ClN4O2/c1-15(18-9-6-10-25-13-18)27-22-20(24)12-19(14-26-22)23(30)28-16(2)21(29)11-17-7-4-3-5-8-17/h3-10,12-16,21,29H,11H2,1-2H3,(H,26,27)(H,28,30). The van der Waals surface area contributed by atoms with Crippen LogP contribution < -0.4 is 10.6 Å². The summed E-state index contributed by atoms with van der Waals surface area (Å²) in [5, 5.41) is 16.8. The molecule has 3 N–H and O–H groups in total. The Balaban J connectivity index is 1.60. The van der Waals surface area contributed by atoms with Crippen molar-refractivity contribution in [1.82, 2.24) is 15.3 Å². The molecule has 3 unspecified atom stereocenters. The van der Waals surface area contributed by atoms with E-state index in [4.69, 9.17) is 11.6 Å². The minimum Gasteiger partial charge on any atom is -0.391 e. The third kappa shape index (κ3) is 5.78. The lowest BCUT2D eigenvalue weighted by Gasteiger charge is -2.21. The van der Waals surface area contributed by atoms with Crippen LogP contribution in [-0.4, -0.2) is 33.1 Å². The average Bonchev–Trinajstić information content (AvgIpc) is 2.76. The molecule has 0 spiro atoms. The van der Waals surface area contributed by atoms with Crippen LogP contribution in [0, 0.1) is 0 Å². The highest BCUT2D eigenvalue weighted by molar-refractivity contribution is 6.33. The van der Waals surface area contributed by atoms with Gasteiger partial charge < -0.3 is 15.7 Å². The summed E-state index contributed by atoms with van der Waals surface area (Å²) in [6.45, 7) is 3.75. The maximum Gasteiger partial charge on any atom is 0.253 e. The van der Waals surface area contributed by atoms with Crippen LogP contribution in [0.4, 0.5) is 5.82 Å². The molecule has 3 aromatic rings. The zero-order valence-corrected chi connectivity index (χ0v) is 17.7. The molecule has 6 nitrogen and oxygen atoms in total. The number of aliphatic hydroxyl groups excluding tert-OH is 1. The number of pyridine rings is 2. The molecule has 0 fully saturated rings. The number of anilines is 1. The van der Waals surface area contributed by atoms with Crippen LogP contribution in [0.1, 0.15) is 41.4 Å². The van der Waals surface area contributed by atoms with Gasteiger partial charge in [-0.05, 0) is 37.1 Å². The second-order valence-electron chi connectivity index (χ2n) is 7.23. The molecular formula is C23H25ClN4O2. The summed E-state index contributed by atoms with van der Waals surface area (Å²) >= 11 is 6.34. The number of nitrogens with zero attached hydrogens (tertiary/aromatic N) is 2. The number of rotatable bonds is 8. The average molecular weight is 425 g/mol. The van der Waals surface area contributed by atoms with E-state index < -0.39 is 12.1 Å². The van der Waals surface area contributed by atoms with E-state index in [0.717, 1.165) is 11.1 Å². The number of carbonyl (C=O) groups is 1. The van der Waals surface area contributed by atoms with Crippen molar-refractivity contribution < 1.29 is 9.90 Å². The highest BCUT2D eigenvalue weighted by atomic mass is 35.5. The SMILES string of the molecule is CC(Nc1ncc(C(=O)NC(C)C(O)Cc2ccccc2)cc1Cl)c1cccnc1. The van der Waals surface area contributed by atoms with Crippen molar-refractivity contribution in [1.29, 1.82) is 0 Å². The number of carbonyl (C=O) groups excluding carboxylic acids is 1. The molecule has 3 atom stereocenters. The topological polar surface area (TPSA) is 87.1 Å². The summed E-state index contributed by atoms with van der Waals surface area (Å²) in [7, 11) is 0. The van der Waals surface area contributed by atoms with Gasteiger partial charge in [-0.1, -0.05) is 48.0 Å². The predicted molar refractivity (Wildman–Crippen MR) is 119 cm³/mol. The summed E-state index contributed by atoms with van der Waals surface area (Å²) in [5.41, 5.74) is 2.34. The van der Waals surface area contributed by atoms with E-state index in [1.54, 1.807) is 25.4 Å². The normalized spacial score (nSPS) is 13.9. The van der Waals surface area contributed by atoms with Gasteiger partial charge in [-0.25, -0.2) is 4.98 Å². The number of aliphatic hydroxyl groups is 1. The lowest BCUT2D eigenvalue weighted by molar-refractivity contribution is 0.0851. The van der Waals surface area contributed by atoms with Gasteiger partial charge in [0.1, 0.15) is 5.82 Å². The summed E-state index contributed by atoms with van der Waals surface area (Å²) in [4.78, 5) is 21.0. The fraction of sp³-hybridized carbons (Fsp3) is 0.261. The van der Waals surface area contributed by atoms with Gasteiger partial charge in [0, 0.05) is 25.0 Å². The molecule has 2 heterocycles. The first-order valence-corrected chi connectivity index (χ1v) is 10.2. The smallest absolute Gasteiger partial charge is 0.253 e. The zero-order valence-electron chi connectivity index (χ0n) is 16.9. The fourth-order valence-electron chi connectivity index (χ4n) is 3.01. The van der Waals surface area contributed by atoms with E-state index in [2.05, 4.69) is 20.6 Å². The molecule has 156 valence electrons. The molecule has 0 aliphatic heterocycles. The minimum absolute atomic E-state index is 0.0449. The minimum atomic E-state index is -0.707. The van der Waals surface area contributed by atoms with Gasteiger partial charge in [0.15, 0.2) is 0 Å². The van der Waals surface area contributed by atoms with Crippen LogP contribution in [0.5, 0.6) is 0 Å². The largest absolute Gasteiger partial charge is 0.391 e. The van der Waals surface area contributed by atoms with Crippen LogP contribution in [0.25, 0.3) is 0 Å². The van der Waals surface area contributed by atoms with E-state index in [0.29, 0.717) is 22.8 Å². The third-order valence-corrected chi connectivity index (χ3v) is 5.15. The summed E-state index contributed by atoms with van der Waals surface area (Å²) in [6, 6.07) is 14.6. The fourth-order valence-corrected chi connectivity index (χ4v) is 3.23.